The predicted molar refractivity (Wildman–Crippen MR) is 72.5 cm³/mol. The smallest absolute Gasteiger partial charge is 0.165 e. The molecule has 0 spiro atoms. The fourth-order valence-electron chi connectivity index (χ4n) is 2.68. The van der Waals surface area contributed by atoms with Gasteiger partial charge in [0.05, 0.1) is 6.42 Å². The van der Waals surface area contributed by atoms with E-state index in [1.165, 1.54) is 17.3 Å². The van der Waals surface area contributed by atoms with Crippen LogP contribution >= 0.6 is 11.6 Å². The largest absolute Gasteiger partial charge is 0.299 e. The van der Waals surface area contributed by atoms with Crippen molar-refractivity contribution < 1.29 is 9.59 Å². The lowest BCUT2D eigenvalue weighted by Crippen LogP contribution is -2.34. The number of halogens is 1. The van der Waals surface area contributed by atoms with Gasteiger partial charge in [0.25, 0.3) is 0 Å². The Morgan fingerprint density at radius 2 is 2.15 bits per heavy atom. The maximum Gasteiger partial charge on any atom is 0.165 e. The summed E-state index contributed by atoms with van der Waals surface area (Å²) in [5.74, 6) is -0.419. The molecule has 5 nitrogen and oxygen atoms in total. The minimum atomic E-state index is -0.492. The molecule has 0 bridgehead atoms. The molecule has 1 saturated carbocycles. The Kier molecular flexibility index (Phi) is 3.36. The van der Waals surface area contributed by atoms with Gasteiger partial charge < -0.3 is 0 Å². The SMILES string of the molecule is O=C1CC(=O)[C@@H](n2cncn2)[C@@H](c2cccc(Cl)c2)C1. The van der Waals surface area contributed by atoms with Crippen LogP contribution in [0, 0.1) is 0 Å². The van der Waals surface area contributed by atoms with Crippen molar-refractivity contribution in [1.82, 2.24) is 14.8 Å². The average Bonchev–Trinajstić information content (AvgIpc) is 2.91. The molecule has 6 heteroatoms. The second-order valence-electron chi connectivity index (χ2n) is 4.87. The van der Waals surface area contributed by atoms with Crippen LogP contribution in [0.15, 0.2) is 36.9 Å². The zero-order chi connectivity index (χ0) is 14.1. The molecule has 1 fully saturated rings. The van der Waals surface area contributed by atoms with Crippen LogP contribution in [0.2, 0.25) is 5.02 Å². The Bertz CT molecular complexity index is 654. The number of aromatic nitrogens is 3. The molecule has 0 amide bonds. The predicted octanol–water partition coefficient (Wildman–Crippen LogP) is 2.19. The van der Waals surface area contributed by atoms with E-state index in [4.69, 9.17) is 11.6 Å². The molecule has 1 aliphatic rings. The number of rotatable bonds is 2. The van der Waals surface area contributed by atoms with Gasteiger partial charge in [0.1, 0.15) is 24.5 Å². The Morgan fingerprint density at radius 1 is 1.30 bits per heavy atom. The quantitative estimate of drug-likeness (QED) is 0.795. The summed E-state index contributed by atoms with van der Waals surface area (Å²) in [7, 11) is 0. The van der Waals surface area contributed by atoms with Crippen LogP contribution in [0.3, 0.4) is 0 Å². The second-order valence-corrected chi connectivity index (χ2v) is 5.30. The van der Waals surface area contributed by atoms with Gasteiger partial charge in [0, 0.05) is 17.4 Å². The molecular formula is C14H12ClN3O2. The molecule has 2 atom stereocenters. The fraction of sp³-hybridized carbons (Fsp3) is 0.286. The standard InChI is InChI=1S/C14H12ClN3O2/c15-10-3-1-2-9(4-10)12-5-11(19)6-13(20)14(12)18-8-16-7-17-18/h1-4,7-8,12,14H,5-6H2/t12-,14+/m1/s1. The highest BCUT2D eigenvalue weighted by Gasteiger charge is 2.38. The van der Waals surface area contributed by atoms with E-state index in [2.05, 4.69) is 10.1 Å². The van der Waals surface area contributed by atoms with Crippen molar-refractivity contribution in [3.8, 4) is 0 Å². The highest BCUT2D eigenvalue weighted by Crippen LogP contribution is 2.37. The third-order valence-corrected chi connectivity index (χ3v) is 3.76. The second kappa shape index (κ2) is 5.17. The number of hydrogen-bond acceptors (Lipinski definition) is 4. The van der Waals surface area contributed by atoms with Gasteiger partial charge in [0.15, 0.2) is 5.78 Å². The van der Waals surface area contributed by atoms with E-state index in [1.54, 1.807) is 12.1 Å². The first kappa shape index (κ1) is 13.0. The summed E-state index contributed by atoms with van der Waals surface area (Å²) in [4.78, 5) is 27.9. The molecule has 0 aliphatic heterocycles. The summed E-state index contributed by atoms with van der Waals surface area (Å²) in [5.41, 5.74) is 0.874. The number of benzene rings is 1. The molecule has 1 heterocycles. The van der Waals surface area contributed by atoms with Crippen molar-refractivity contribution >= 4 is 23.2 Å². The van der Waals surface area contributed by atoms with Gasteiger partial charge in [-0.15, -0.1) is 0 Å². The molecule has 0 saturated heterocycles. The van der Waals surface area contributed by atoms with Gasteiger partial charge in [-0.3, -0.25) is 9.59 Å². The van der Waals surface area contributed by atoms with Crippen LogP contribution in [0.1, 0.15) is 30.4 Å². The van der Waals surface area contributed by atoms with Crippen LogP contribution in [0.25, 0.3) is 0 Å². The molecule has 20 heavy (non-hydrogen) atoms. The fourth-order valence-corrected chi connectivity index (χ4v) is 2.88. The minimum absolute atomic E-state index is 0.0401. The molecule has 3 rings (SSSR count). The van der Waals surface area contributed by atoms with Crippen LogP contribution in [0.4, 0.5) is 0 Å². The molecule has 0 N–H and O–H groups in total. The highest BCUT2D eigenvalue weighted by atomic mass is 35.5. The summed E-state index contributed by atoms with van der Waals surface area (Å²) in [5, 5.41) is 4.64. The summed E-state index contributed by atoms with van der Waals surface area (Å²) in [6.45, 7) is 0. The Hall–Kier alpha value is -2.01. The van der Waals surface area contributed by atoms with Crippen molar-refractivity contribution in [3.05, 3.63) is 47.5 Å². The number of hydrogen-bond donors (Lipinski definition) is 0. The molecule has 1 aromatic carbocycles. The molecular weight excluding hydrogens is 278 g/mol. The van der Waals surface area contributed by atoms with Crippen LogP contribution in [-0.4, -0.2) is 26.3 Å². The van der Waals surface area contributed by atoms with E-state index < -0.39 is 6.04 Å². The van der Waals surface area contributed by atoms with Gasteiger partial charge in [0.2, 0.25) is 0 Å². The van der Waals surface area contributed by atoms with E-state index in [-0.39, 0.29) is 23.9 Å². The van der Waals surface area contributed by atoms with E-state index in [9.17, 15) is 9.59 Å². The van der Waals surface area contributed by atoms with Gasteiger partial charge in [-0.2, -0.15) is 5.10 Å². The van der Waals surface area contributed by atoms with Crippen molar-refractivity contribution in [2.45, 2.75) is 24.8 Å². The van der Waals surface area contributed by atoms with Crippen molar-refractivity contribution in [3.63, 3.8) is 0 Å². The highest BCUT2D eigenvalue weighted by molar-refractivity contribution is 6.30. The number of ketones is 2. The zero-order valence-electron chi connectivity index (χ0n) is 10.6. The minimum Gasteiger partial charge on any atom is -0.299 e. The zero-order valence-corrected chi connectivity index (χ0v) is 11.3. The lowest BCUT2D eigenvalue weighted by Gasteiger charge is -2.29. The molecule has 0 radical (unpaired) electrons. The Balaban J connectivity index is 2.04. The summed E-state index contributed by atoms with van der Waals surface area (Å²) in [6.07, 6.45) is 3.17. The third kappa shape index (κ3) is 2.36. The number of nitrogens with zero attached hydrogens (tertiary/aromatic N) is 3. The molecule has 0 unspecified atom stereocenters. The van der Waals surface area contributed by atoms with E-state index >= 15 is 0 Å². The Labute approximate surface area is 120 Å². The monoisotopic (exact) mass is 289 g/mol. The number of carbonyl (C=O) groups excluding carboxylic acids is 2. The first-order valence-corrected chi connectivity index (χ1v) is 6.67. The van der Waals surface area contributed by atoms with Crippen molar-refractivity contribution in [1.29, 1.82) is 0 Å². The van der Waals surface area contributed by atoms with Crippen LogP contribution in [0.5, 0.6) is 0 Å². The van der Waals surface area contributed by atoms with E-state index in [0.717, 1.165) is 5.56 Å². The van der Waals surface area contributed by atoms with Crippen molar-refractivity contribution in [2.24, 2.45) is 0 Å². The van der Waals surface area contributed by atoms with E-state index in [1.807, 2.05) is 12.1 Å². The van der Waals surface area contributed by atoms with E-state index in [0.29, 0.717) is 11.4 Å². The molecule has 1 aromatic heterocycles. The molecule has 102 valence electrons. The summed E-state index contributed by atoms with van der Waals surface area (Å²) in [6, 6.07) is 6.77. The number of Topliss-reactive ketones (excluding diaryl/α,β-unsaturated/α-hetero) is 2. The Morgan fingerprint density at radius 3 is 2.85 bits per heavy atom. The third-order valence-electron chi connectivity index (χ3n) is 3.53. The van der Waals surface area contributed by atoms with Crippen LogP contribution < -0.4 is 0 Å². The maximum atomic E-state index is 12.2. The first-order chi connectivity index (χ1) is 9.65. The average molecular weight is 290 g/mol. The molecule has 1 aliphatic carbocycles. The van der Waals surface area contributed by atoms with Gasteiger partial charge in [-0.05, 0) is 17.7 Å². The first-order valence-electron chi connectivity index (χ1n) is 6.29. The lowest BCUT2D eigenvalue weighted by molar-refractivity contribution is -0.133. The molecule has 2 aromatic rings. The van der Waals surface area contributed by atoms with Gasteiger partial charge in [-0.25, -0.2) is 9.67 Å². The summed E-state index contributed by atoms with van der Waals surface area (Å²) >= 11 is 6.00. The summed E-state index contributed by atoms with van der Waals surface area (Å²) < 4.78 is 1.53. The van der Waals surface area contributed by atoms with Gasteiger partial charge >= 0.3 is 0 Å². The van der Waals surface area contributed by atoms with Gasteiger partial charge in [-0.1, -0.05) is 23.7 Å². The number of carbonyl (C=O) groups is 2. The normalized spacial score (nSPS) is 23.1. The topological polar surface area (TPSA) is 64.8 Å². The van der Waals surface area contributed by atoms with Crippen molar-refractivity contribution in [2.75, 3.05) is 0 Å². The maximum absolute atomic E-state index is 12.2. The van der Waals surface area contributed by atoms with Crippen LogP contribution in [-0.2, 0) is 9.59 Å². The lowest BCUT2D eigenvalue weighted by atomic mass is 9.78.